The number of esters is 2. The van der Waals surface area contributed by atoms with Gasteiger partial charge in [-0.15, -0.1) is 0 Å². The van der Waals surface area contributed by atoms with Gasteiger partial charge in [0.15, 0.2) is 0 Å². The molecule has 0 saturated heterocycles. The molecule has 232 valence electrons. The molecule has 0 atom stereocenters. The first-order valence-electron chi connectivity index (χ1n) is 11.5. The lowest BCUT2D eigenvalue weighted by atomic mass is 9.92. The quantitative estimate of drug-likeness (QED) is 0.0621. The molecule has 0 bridgehead atoms. The Morgan fingerprint density at radius 2 is 0.932 bits per heavy atom. The molecule has 44 heavy (non-hydrogen) atoms. The van der Waals surface area contributed by atoms with E-state index in [-0.39, 0.29) is 43.4 Å². The van der Waals surface area contributed by atoms with Gasteiger partial charge in [0.05, 0.1) is 25.3 Å². The van der Waals surface area contributed by atoms with Crippen molar-refractivity contribution in [2.75, 3.05) is 14.2 Å². The van der Waals surface area contributed by atoms with Crippen LogP contribution in [0.15, 0.2) is 36.4 Å². The number of carbonyl (C=O) groups excluding carboxylic acids is 2. The van der Waals surface area contributed by atoms with Crippen molar-refractivity contribution in [2.45, 2.75) is 11.0 Å². The van der Waals surface area contributed by atoms with Crippen LogP contribution in [0.2, 0.25) is 0 Å². The fourth-order valence-corrected chi connectivity index (χ4v) is 5.34. The van der Waals surface area contributed by atoms with E-state index in [0.717, 1.165) is 26.4 Å². The average molecular weight is 666 g/mol. The lowest BCUT2D eigenvalue weighted by Gasteiger charge is -2.19. The summed E-state index contributed by atoms with van der Waals surface area (Å²) in [7, 11) is -11.1. The van der Waals surface area contributed by atoms with Crippen LogP contribution in [-0.4, -0.2) is 64.0 Å². The highest BCUT2D eigenvalue weighted by atomic mass is 32.2. The standard InChI is InChI=1S/C24H12F6N2O10S2/c1-39-21(33)15-9-5-3-7-11-13(9)17(31-19(15)41-43(35,36)23(25,26)27)12-8-4-6-10-14(12)18(11)32-20(16(10)22(34)40-2)42-44(37,38)24(28,29)30/h3-8H,1-2H3. The monoisotopic (exact) mass is 666 g/mol. The number of pyridine rings is 2. The molecule has 0 spiro atoms. The molecule has 0 N–H and O–H groups in total. The van der Waals surface area contributed by atoms with Crippen LogP contribution in [-0.2, 0) is 29.7 Å². The van der Waals surface area contributed by atoms with E-state index in [9.17, 15) is 52.8 Å². The molecule has 12 nitrogen and oxygen atoms in total. The zero-order valence-electron chi connectivity index (χ0n) is 21.5. The molecule has 0 radical (unpaired) electrons. The summed E-state index contributed by atoms with van der Waals surface area (Å²) < 4.78 is 145. The topological polar surface area (TPSA) is 165 Å². The Hall–Kier alpha value is -4.72. The molecule has 3 aromatic carbocycles. The molecule has 0 aliphatic rings. The summed E-state index contributed by atoms with van der Waals surface area (Å²) in [5.74, 6) is -5.42. The Labute approximate surface area is 240 Å². The van der Waals surface area contributed by atoms with Gasteiger partial charge in [-0.05, 0) is 0 Å². The second-order valence-corrected chi connectivity index (χ2v) is 11.8. The fourth-order valence-electron chi connectivity index (χ4n) is 4.49. The fraction of sp³-hybridized carbons (Fsp3) is 0.167. The van der Waals surface area contributed by atoms with E-state index in [4.69, 9.17) is 0 Å². The van der Waals surface area contributed by atoms with E-state index in [1.807, 2.05) is 0 Å². The first kappa shape index (κ1) is 30.7. The number of rotatable bonds is 6. The second-order valence-electron chi connectivity index (χ2n) is 8.69. The van der Waals surface area contributed by atoms with Gasteiger partial charge < -0.3 is 17.8 Å². The van der Waals surface area contributed by atoms with Gasteiger partial charge in [-0.25, -0.2) is 19.6 Å². The molecule has 20 heteroatoms. The maximum atomic E-state index is 13.2. The Morgan fingerprint density at radius 3 is 1.23 bits per heavy atom. The van der Waals surface area contributed by atoms with Gasteiger partial charge >= 0.3 is 43.2 Å². The van der Waals surface area contributed by atoms with Crippen LogP contribution in [0.1, 0.15) is 20.7 Å². The highest BCUT2D eigenvalue weighted by Crippen LogP contribution is 2.45. The minimum Gasteiger partial charge on any atom is -0.465 e. The lowest BCUT2D eigenvalue weighted by Crippen LogP contribution is -2.29. The summed E-state index contributed by atoms with van der Waals surface area (Å²) in [6, 6.07) is 7.28. The van der Waals surface area contributed by atoms with Gasteiger partial charge in [0.25, 0.3) is 0 Å². The molecule has 0 saturated carbocycles. The van der Waals surface area contributed by atoms with Crippen LogP contribution in [0.3, 0.4) is 0 Å². The van der Waals surface area contributed by atoms with Crippen LogP contribution < -0.4 is 8.37 Å². The van der Waals surface area contributed by atoms with Crippen molar-refractivity contribution in [2.24, 2.45) is 0 Å². The van der Waals surface area contributed by atoms with E-state index < -0.39 is 66.1 Å². The Morgan fingerprint density at radius 1 is 0.614 bits per heavy atom. The first-order valence-corrected chi connectivity index (χ1v) is 14.3. The molecule has 0 fully saturated rings. The van der Waals surface area contributed by atoms with Gasteiger partial charge in [-0.1, -0.05) is 36.4 Å². The minimum atomic E-state index is -6.38. The van der Waals surface area contributed by atoms with Crippen molar-refractivity contribution in [1.82, 2.24) is 9.97 Å². The third kappa shape index (κ3) is 4.60. The summed E-state index contributed by atoms with van der Waals surface area (Å²) in [6.07, 6.45) is 0. The van der Waals surface area contributed by atoms with E-state index in [1.165, 1.54) is 24.3 Å². The van der Waals surface area contributed by atoms with Crippen molar-refractivity contribution >= 4 is 75.5 Å². The van der Waals surface area contributed by atoms with Crippen LogP contribution in [0.4, 0.5) is 26.3 Å². The van der Waals surface area contributed by atoms with E-state index in [2.05, 4.69) is 27.8 Å². The van der Waals surface area contributed by atoms with Gasteiger partial charge in [0.2, 0.25) is 11.8 Å². The zero-order valence-corrected chi connectivity index (χ0v) is 23.2. The molecule has 0 aliphatic heterocycles. The first-order chi connectivity index (χ1) is 20.3. The summed E-state index contributed by atoms with van der Waals surface area (Å²) in [5.41, 5.74) is -14.2. The third-order valence-corrected chi connectivity index (χ3v) is 8.12. The van der Waals surface area contributed by atoms with Crippen molar-refractivity contribution in [3.8, 4) is 11.8 Å². The number of carbonyl (C=O) groups is 2. The molecular formula is C24H12F6N2O10S2. The molecule has 0 unspecified atom stereocenters. The highest BCUT2D eigenvalue weighted by molar-refractivity contribution is 7.88. The summed E-state index contributed by atoms with van der Waals surface area (Å²) >= 11 is 0. The molecule has 0 amide bonds. The average Bonchev–Trinajstić information content (AvgIpc) is 2.93. The largest absolute Gasteiger partial charge is 0.534 e. The number of benzene rings is 3. The minimum absolute atomic E-state index is 0.0882. The van der Waals surface area contributed by atoms with Gasteiger partial charge in [-0.3, -0.25) is 0 Å². The van der Waals surface area contributed by atoms with E-state index >= 15 is 0 Å². The number of fused-ring (bicyclic) bond motifs is 2. The number of hydrogen-bond acceptors (Lipinski definition) is 12. The van der Waals surface area contributed by atoms with Crippen molar-refractivity contribution < 1.29 is 70.6 Å². The smallest absolute Gasteiger partial charge is 0.465 e. The predicted octanol–water partition coefficient (Wildman–Crippen LogP) is 4.56. The number of nitrogens with zero attached hydrogens (tertiary/aromatic N) is 2. The maximum absolute atomic E-state index is 13.2. The van der Waals surface area contributed by atoms with Gasteiger partial charge in [0, 0.05) is 32.3 Å². The molecule has 0 aliphatic carbocycles. The number of alkyl halides is 6. The summed E-state index contributed by atoms with van der Waals surface area (Å²) in [5, 5.41) is -0.970. The second kappa shape index (κ2) is 9.91. The molecule has 2 aromatic heterocycles. The zero-order chi connectivity index (χ0) is 32.6. The Bertz CT molecular complexity index is 2090. The molecule has 2 heterocycles. The van der Waals surface area contributed by atoms with E-state index in [0.29, 0.717) is 0 Å². The van der Waals surface area contributed by atoms with Crippen molar-refractivity contribution in [3.05, 3.63) is 47.5 Å². The van der Waals surface area contributed by atoms with Crippen LogP contribution >= 0.6 is 0 Å². The Kier molecular flexibility index (Phi) is 6.92. The number of hydrogen-bond donors (Lipinski definition) is 0. The van der Waals surface area contributed by atoms with Gasteiger partial charge in [-0.2, -0.15) is 43.2 Å². The summed E-state index contributed by atoms with van der Waals surface area (Å²) in [6.45, 7) is 0. The molecular weight excluding hydrogens is 654 g/mol. The van der Waals surface area contributed by atoms with Gasteiger partial charge in [0.1, 0.15) is 11.1 Å². The van der Waals surface area contributed by atoms with Crippen molar-refractivity contribution in [1.29, 1.82) is 0 Å². The third-order valence-electron chi connectivity index (χ3n) is 6.23. The van der Waals surface area contributed by atoms with Crippen LogP contribution in [0.25, 0.3) is 43.4 Å². The molecule has 5 rings (SSSR count). The number of methoxy groups -OCH3 is 2. The number of aromatic nitrogens is 2. The normalized spacial score (nSPS) is 13.1. The van der Waals surface area contributed by atoms with Crippen LogP contribution in [0.5, 0.6) is 11.8 Å². The summed E-state index contributed by atoms with van der Waals surface area (Å²) in [4.78, 5) is 33.3. The number of ether oxygens (including phenoxy) is 2. The van der Waals surface area contributed by atoms with Crippen molar-refractivity contribution in [3.63, 3.8) is 0 Å². The molecule has 5 aromatic rings. The highest BCUT2D eigenvalue weighted by Gasteiger charge is 2.50. The van der Waals surface area contributed by atoms with Crippen LogP contribution in [0, 0.1) is 0 Å². The number of halogens is 6. The maximum Gasteiger partial charge on any atom is 0.534 e. The lowest BCUT2D eigenvalue weighted by molar-refractivity contribution is -0.0506. The van der Waals surface area contributed by atoms with E-state index in [1.54, 1.807) is 0 Å². The SMILES string of the molecule is COC(=O)c1c(OS(=O)(=O)C(F)(F)F)nc2c3cccc4c(C(=O)OC)c(OS(=O)(=O)C(F)(F)F)nc(c5cccc1c52)c43. The predicted molar refractivity (Wildman–Crippen MR) is 137 cm³/mol. The Balaban J connectivity index is 2.01.